The SMILES string of the molecule is Cl.Cl.Nc1nc2c(-c3cc(Br)c(Br)[nH]3)nccc2[nH]1. The fourth-order valence-corrected chi connectivity index (χ4v) is 2.34. The standard InChI is InChI=1S/C10H7Br2N5.2ClH/c11-4-3-6(15-9(4)12)7-8-5(1-2-14-7)16-10(13)17-8;;/h1-3,15H,(H3,13,16,17);2*1H. The first-order chi connectivity index (χ1) is 8.15. The van der Waals surface area contributed by atoms with Crippen LogP contribution in [0.4, 0.5) is 5.95 Å². The zero-order valence-electron chi connectivity index (χ0n) is 9.28. The number of hydrogen-bond acceptors (Lipinski definition) is 3. The average molecular weight is 430 g/mol. The molecular weight excluding hydrogens is 421 g/mol. The van der Waals surface area contributed by atoms with Gasteiger partial charge in [-0.25, -0.2) is 4.98 Å². The van der Waals surface area contributed by atoms with Crippen molar-refractivity contribution in [3.63, 3.8) is 0 Å². The van der Waals surface area contributed by atoms with Crippen molar-refractivity contribution in [3.8, 4) is 11.4 Å². The molecule has 5 nitrogen and oxygen atoms in total. The lowest BCUT2D eigenvalue weighted by Gasteiger charge is -1.97. The second-order valence-electron chi connectivity index (χ2n) is 3.52. The predicted molar refractivity (Wildman–Crippen MR) is 88.0 cm³/mol. The van der Waals surface area contributed by atoms with Crippen molar-refractivity contribution in [2.45, 2.75) is 0 Å². The normalized spacial score (nSPS) is 10.0. The lowest BCUT2D eigenvalue weighted by molar-refractivity contribution is 1.27. The van der Waals surface area contributed by atoms with Gasteiger partial charge in [-0.3, -0.25) is 4.98 Å². The molecule has 0 fully saturated rings. The highest BCUT2D eigenvalue weighted by molar-refractivity contribution is 9.13. The number of pyridine rings is 1. The summed E-state index contributed by atoms with van der Waals surface area (Å²) in [5.41, 5.74) is 8.92. The molecule has 3 heterocycles. The summed E-state index contributed by atoms with van der Waals surface area (Å²) in [5.74, 6) is 0.388. The lowest BCUT2D eigenvalue weighted by atomic mass is 10.2. The Morgan fingerprint density at radius 3 is 2.53 bits per heavy atom. The summed E-state index contributed by atoms with van der Waals surface area (Å²) in [6.45, 7) is 0. The van der Waals surface area contributed by atoms with Crippen LogP contribution in [-0.4, -0.2) is 19.9 Å². The zero-order valence-corrected chi connectivity index (χ0v) is 14.1. The highest BCUT2D eigenvalue weighted by Crippen LogP contribution is 2.31. The van der Waals surface area contributed by atoms with Gasteiger partial charge in [-0.15, -0.1) is 24.8 Å². The second kappa shape index (κ2) is 6.13. The molecule has 0 saturated carbocycles. The van der Waals surface area contributed by atoms with Crippen LogP contribution < -0.4 is 5.73 Å². The predicted octanol–water partition coefficient (Wildman–Crippen LogP) is 3.90. The van der Waals surface area contributed by atoms with Crippen LogP contribution in [-0.2, 0) is 0 Å². The zero-order chi connectivity index (χ0) is 12.0. The Morgan fingerprint density at radius 2 is 1.89 bits per heavy atom. The quantitative estimate of drug-likeness (QED) is 0.548. The molecule has 0 radical (unpaired) electrons. The molecule has 0 aliphatic carbocycles. The van der Waals surface area contributed by atoms with E-state index in [0.29, 0.717) is 5.95 Å². The van der Waals surface area contributed by atoms with Crippen molar-refractivity contribution in [1.82, 2.24) is 19.9 Å². The molecule has 3 aromatic rings. The number of nitrogen functional groups attached to an aromatic ring is 1. The maximum Gasteiger partial charge on any atom is 0.198 e. The van der Waals surface area contributed by atoms with E-state index < -0.39 is 0 Å². The fraction of sp³-hybridized carbons (Fsp3) is 0. The van der Waals surface area contributed by atoms with Gasteiger partial charge in [-0.2, -0.15) is 0 Å². The number of nitrogens with zero attached hydrogens (tertiary/aromatic N) is 2. The third-order valence-corrected chi connectivity index (χ3v) is 4.18. The molecular formula is C10H9Br2Cl2N5. The van der Waals surface area contributed by atoms with Crippen LogP contribution in [0.2, 0.25) is 0 Å². The van der Waals surface area contributed by atoms with Gasteiger partial charge in [-0.1, -0.05) is 0 Å². The Hall–Kier alpha value is -0.760. The molecule has 9 heteroatoms. The molecule has 3 rings (SSSR count). The van der Waals surface area contributed by atoms with Crippen molar-refractivity contribution >= 4 is 73.7 Å². The van der Waals surface area contributed by atoms with E-state index in [2.05, 4.69) is 51.8 Å². The number of nitrogens with two attached hydrogens (primary N) is 1. The topological polar surface area (TPSA) is 83.4 Å². The summed E-state index contributed by atoms with van der Waals surface area (Å²) in [7, 11) is 0. The number of aromatic nitrogens is 4. The first kappa shape index (κ1) is 16.3. The van der Waals surface area contributed by atoms with Gasteiger partial charge < -0.3 is 15.7 Å². The summed E-state index contributed by atoms with van der Waals surface area (Å²) < 4.78 is 1.81. The molecule has 0 aliphatic rings. The monoisotopic (exact) mass is 427 g/mol. The van der Waals surface area contributed by atoms with Gasteiger partial charge in [0.05, 0.1) is 20.3 Å². The summed E-state index contributed by atoms with van der Waals surface area (Å²) in [5, 5.41) is 0. The summed E-state index contributed by atoms with van der Waals surface area (Å²) in [6.07, 6.45) is 1.72. The molecule has 0 bridgehead atoms. The first-order valence-corrected chi connectivity index (χ1v) is 6.38. The summed E-state index contributed by atoms with van der Waals surface area (Å²) >= 11 is 6.82. The van der Waals surface area contributed by atoms with E-state index in [0.717, 1.165) is 31.5 Å². The molecule has 0 amide bonds. The molecule has 0 unspecified atom stereocenters. The number of imidazole rings is 1. The lowest BCUT2D eigenvalue weighted by Crippen LogP contribution is -1.86. The summed E-state index contributed by atoms with van der Waals surface area (Å²) in [4.78, 5) is 14.7. The van der Waals surface area contributed by atoms with Gasteiger partial charge in [0.1, 0.15) is 11.2 Å². The third-order valence-electron chi connectivity index (χ3n) is 2.40. The van der Waals surface area contributed by atoms with Crippen LogP contribution >= 0.6 is 56.7 Å². The molecule has 3 aromatic heterocycles. The minimum absolute atomic E-state index is 0. The van der Waals surface area contributed by atoms with Gasteiger partial charge in [0, 0.05) is 6.20 Å². The third kappa shape index (κ3) is 2.89. The van der Waals surface area contributed by atoms with Crippen LogP contribution in [0.15, 0.2) is 27.4 Å². The molecule has 4 N–H and O–H groups in total. The minimum atomic E-state index is 0. The maximum absolute atomic E-state index is 5.65. The first-order valence-electron chi connectivity index (χ1n) is 4.80. The van der Waals surface area contributed by atoms with Crippen molar-refractivity contribution in [3.05, 3.63) is 27.4 Å². The molecule has 0 aromatic carbocycles. The molecule has 19 heavy (non-hydrogen) atoms. The number of H-pyrrole nitrogens is 2. The summed E-state index contributed by atoms with van der Waals surface area (Å²) in [6, 6.07) is 3.78. The Kier molecular flexibility index (Phi) is 5.26. The Bertz CT molecular complexity index is 690. The van der Waals surface area contributed by atoms with Crippen molar-refractivity contribution in [1.29, 1.82) is 0 Å². The smallest absolute Gasteiger partial charge is 0.198 e. The van der Waals surface area contributed by atoms with E-state index in [1.165, 1.54) is 0 Å². The number of rotatable bonds is 1. The molecule has 102 valence electrons. The maximum atomic E-state index is 5.65. The van der Waals surface area contributed by atoms with Crippen LogP contribution in [0.5, 0.6) is 0 Å². The average Bonchev–Trinajstić information content (AvgIpc) is 2.81. The minimum Gasteiger partial charge on any atom is -0.369 e. The number of aromatic amines is 2. The number of nitrogens with one attached hydrogen (secondary N) is 2. The fourth-order valence-electron chi connectivity index (χ4n) is 1.68. The van der Waals surface area contributed by atoms with Crippen molar-refractivity contribution in [2.24, 2.45) is 0 Å². The van der Waals surface area contributed by atoms with E-state index in [9.17, 15) is 0 Å². The van der Waals surface area contributed by atoms with E-state index in [4.69, 9.17) is 5.73 Å². The van der Waals surface area contributed by atoms with Gasteiger partial charge in [0.15, 0.2) is 5.95 Å². The number of hydrogen-bond donors (Lipinski definition) is 3. The van der Waals surface area contributed by atoms with Gasteiger partial charge in [0.2, 0.25) is 0 Å². The van der Waals surface area contributed by atoms with Gasteiger partial charge >= 0.3 is 0 Å². The molecule has 0 atom stereocenters. The van der Waals surface area contributed by atoms with Gasteiger partial charge in [-0.05, 0) is 44.0 Å². The van der Waals surface area contributed by atoms with E-state index in [1.54, 1.807) is 6.20 Å². The van der Waals surface area contributed by atoms with Crippen LogP contribution in [0.3, 0.4) is 0 Å². The van der Waals surface area contributed by atoms with E-state index >= 15 is 0 Å². The van der Waals surface area contributed by atoms with Crippen LogP contribution in [0.25, 0.3) is 22.4 Å². The molecule has 0 aliphatic heterocycles. The second-order valence-corrected chi connectivity index (χ2v) is 5.17. The largest absolute Gasteiger partial charge is 0.369 e. The highest BCUT2D eigenvalue weighted by atomic mass is 79.9. The van der Waals surface area contributed by atoms with E-state index in [-0.39, 0.29) is 24.8 Å². The van der Waals surface area contributed by atoms with Crippen LogP contribution in [0.1, 0.15) is 0 Å². The molecule has 0 spiro atoms. The Labute approximate surface area is 137 Å². The molecule has 0 saturated heterocycles. The van der Waals surface area contributed by atoms with E-state index in [1.807, 2.05) is 12.1 Å². The van der Waals surface area contributed by atoms with Crippen molar-refractivity contribution in [2.75, 3.05) is 5.73 Å². The van der Waals surface area contributed by atoms with Crippen LogP contribution in [0, 0.1) is 0 Å². The van der Waals surface area contributed by atoms with Crippen molar-refractivity contribution < 1.29 is 0 Å². The Balaban J connectivity index is 0.000000902. The van der Waals surface area contributed by atoms with Gasteiger partial charge in [0.25, 0.3) is 0 Å². The highest BCUT2D eigenvalue weighted by Gasteiger charge is 2.12. The Morgan fingerprint density at radius 1 is 1.16 bits per heavy atom. The number of anilines is 1. The number of halogens is 4. The number of fused-ring (bicyclic) bond motifs is 1.